The van der Waals surface area contributed by atoms with E-state index in [0.717, 1.165) is 31.2 Å². The number of ether oxygens (including phenoxy) is 1. The molecule has 1 aromatic carbocycles. The molecule has 2 atom stereocenters. The molecule has 1 fully saturated rings. The monoisotopic (exact) mass is 359 g/mol. The number of aryl methyl sites for hydroxylation is 1. The Labute approximate surface area is 145 Å². The third-order valence-electron chi connectivity index (χ3n) is 3.73. The lowest BCUT2D eigenvalue weighted by Gasteiger charge is -2.26. The van der Waals surface area contributed by atoms with Crippen LogP contribution in [0.5, 0.6) is 0 Å². The molecule has 0 spiro atoms. The summed E-state index contributed by atoms with van der Waals surface area (Å²) in [5.74, 6) is -0.150. The molecule has 0 aliphatic heterocycles. The summed E-state index contributed by atoms with van der Waals surface area (Å²) in [5, 5.41) is 0. The Bertz CT molecular complexity index is 598. The van der Waals surface area contributed by atoms with Gasteiger partial charge in [-0.3, -0.25) is 9.35 Å². The Morgan fingerprint density at radius 2 is 1.79 bits per heavy atom. The number of hydrogen-bond acceptors (Lipinski definition) is 5. The molecule has 138 valence electrons. The molecule has 0 amide bonds. The van der Waals surface area contributed by atoms with E-state index in [2.05, 4.69) is 0 Å². The van der Waals surface area contributed by atoms with Gasteiger partial charge in [-0.2, -0.15) is 8.42 Å². The van der Waals surface area contributed by atoms with Crippen molar-refractivity contribution in [2.45, 2.75) is 57.9 Å². The molecule has 0 bridgehead atoms. The minimum atomic E-state index is -4.02. The zero-order valence-corrected chi connectivity index (χ0v) is 14.4. The van der Waals surface area contributed by atoms with Gasteiger partial charge in [0, 0.05) is 6.04 Å². The summed E-state index contributed by atoms with van der Waals surface area (Å²) in [5.41, 5.74) is 6.77. The van der Waals surface area contributed by atoms with Crippen LogP contribution >= 0.6 is 0 Å². The average Bonchev–Trinajstić information content (AvgIpc) is 2.48. The number of nitrogens with two attached hydrogens (primary N) is 1. The Hall–Kier alpha value is -1.44. The van der Waals surface area contributed by atoms with Gasteiger partial charge in [-0.15, -0.1) is 0 Å². The van der Waals surface area contributed by atoms with Crippen LogP contribution in [0.25, 0.3) is 0 Å². The molecule has 6 nitrogen and oxygen atoms in total. The normalized spacial score (nSPS) is 20.2. The highest BCUT2D eigenvalue weighted by molar-refractivity contribution is 7.85. The smallest absolute Gasteiger partial charge is 0.310 e. The molecule has 0 heterocycles. The minimum Gasteiger partial charge on any atom is -0.466 e. The fourth-order valence-corrected chi connectivity index (χ4v) is 2.89. The molecule has 1 aromatic rings. The summed E-state index contributed by atoms with van der Waals surface area (Å²) in [4.78, 5) is 11.2. The first kappa shape index (κ1) is 22.6. The van der Waals surface area contributed by atoms with Gasteiger partial charge in [0.1, 0.15) is 0 Å². The van der Waals surface area contributed by atoms with Crippen LogP contribution in [0.2, 0.25) is 0 Å². The van der Waals surface area contributed by atoms with Crippen molar-refractivity contribution in [3.05, 3.63) is 29.8 Å². The van der Waals surface area contributed by atoms with Crippen LogP contribution in [0.3, 0.4) is 0 Å². The van der Waals surface area contributed by atoms with Crippen LogP contribution < -0.4 is 5.73 Å². The molecule has 1 aliphatic rings. The van der Waals surface area contributed by atoms with E-state index in [1.807, 2.05) is 13.8 Å². The zero-order chi connectivity index (χ0) is 17.5. The van der Waals surface area contributed by atoms with E-state index >= 15 is 0 Å². The fraction of sp³-hybridized carbons (Fsp3) is 0.588. The van der Waals surface area contributed by atoms with Gasteiger partial charge in [0.25, 0.3) is 10.1 Å². The second-order valence-electron chi connectivity index (χ2n) is 5.59. The van der Waals surface area contributed by atoms with Crippen LogP contribution in [0.1, 0.15) is 45.6 Å². The van der Waals surface area contributed by atoms with Gasteiger partial charge < -0.3 is 10.5 Å². The number of rotatable bonds is 3. The molecule has 0 aromatic heterocycles. The average molecular weight is 359 g/mol. The molecule has 0 unspecified atom stereocenters. The molecule has 2 rings (SSSR count). The van der Waals surface area contributed by atoms with Crippen molar-refractivity contribution >= 4 is 16.1 Å². The highest BCUT2D eigenvalue weighted by Crippen LogP contribution is 2.23. The van der Waals surface area contributed by atoms with Gasteiger partial charge in [-0.05, 0) is 38.8 Å². The van der Waals surface area contributed by atoms with E-state index in [1.54, 1.807) is 12.1 Å². The van der Waals surface area contributed by atoms with Crippen LogP contribution in [0.4, 0.5) is 0 Å². The van der Waals surface area contributed by atoms with Gasteiger partial charge in [0.2, 0.25) is 0 Å². The summed E-state index contributed by atoms with van der Waals surface area (Å²) in [6.45, 7) is 4.13. The van der Waals surface area contributed by atoms with Crippen molar-refractivity contribution in [1.29, 1.82) is 0 Å². The van der Waals surface area contributed by atoms with Crippen LogP contribution in [0, 0.1) is 12.8 Å². The minimum absolute atomic E-state index is 0. The van der Waals surface area contributed by atoms with Crippen molar-refractivity contribution < 1.29 is 22.5 Å². The van der Waals surface area contributed by atoms with E-state index in [0.29, 0.717) is 6.61 Å². The Kier molecular flexibility index (Phi) is 9.80. The topological polar surface area (TPSA) is 107 Å². The fourth-order valence-electron chi connectivity index (χ4n) is 2.41. The Balaban J connectivity index is 0.000000425. The van der Waals surface area contributed by atoms with Crippen LogP contribution in [-0.2, 0) is 19.6 Å². The molecule has 3 N–H and O–H groups in total. The summed E-state index contributed by atoms with van der Waals surface area (Å²) in [6, 6.07) is 6.01. The highest BCUT2D eigenvalue weighted by Gasteiger charge is 2.28. The quantitative estimate of drug-likeness (QED) is 0.635. The largest absolute Gasteiger partial charge is 0.466 e. The number of benzene rings is 1. The lowest BCUT2D eigenvalue weighted by molar-refractivity contribution is -0.149. The predicted molar refractivity (Wildman–Crippen MR) is 94.3 cm³/mol. The Morgan fingerprint density at radius 1 is 1.25 bits per heavy atom. The number of hydrogen-bond donors (Lipinski definition) is 2. The van der Waals surface area contributed by atoms with E-state index in [4.69, 9.17) is 15.0 Å². The molecular weight excluding hydrogens is 330 g/mol. The first-order chi connectivity index (χ1) is 10.8. The molecule has 0 saturated heterocycles. The van der Waals surface area contributed by atoms with Crippen molar-refractivity contribution in [3.63, 3.8) is 0 Å². The summed E-state index contributed by atoms with van der Waals surface area (Å²) in [6.07, 6.45) is 4.12. The lowest BCUT2D eigenvalue weighted by Crippen LogP contribution is -2.38. The van der Waals surface area contributed by atoms with Crippen molar-refractivity contribution in [3.8, 4) is 0 Å². The summed E-state index contributed by atoms with van der Waals surface area (Å²) in [7, 11) is -4.02. The first-order valence-electron chi connectivity index (χ1n) is 7.72. The SMILES string of the molecule is C.CCOC(=O)[C@H]1CCCC[C@H]1N.Cc1ccc(S(=O)(=O)O)cc1. The van der Waals surface area contributed by atoms with E-state index in [9.17, 15) is 13.2 Å². The standard InChI is InChI=1S/C9H17NO2.C7H8O3S.CH4/c1-2-12-9(11)7-5-3-4-6-8(7)10;1-6-2-4-7(5-3-6)11(8,9)10;/h7-8H,2-6,10H2,1H3;2-5H,1H3,(H,8,9,10);1H4/t7-,8+;;/m0../s1. The van der Waals surface area contributed by atoms with E-state index < -0.39 is 10.1 Å². The second kappa shape index (κ2) is 10.4. The van der Waals surface area contributed by atoms with Crippen LogP contribution in [-0.4, -0.2) is 31.6 Å². The number of carbonyl (C=O) groups excluding carboxylic acids is 1. The van der Waals surface area contributed by atoms with E-state index in [1.165, 1.54) is 12.1 Å². The van der Waals surface area contributed by atoms with Gasteiger partial charge in [0.05, 0.1) is 17.4 Å². The first-order valence-corrected chi connectivity index (χ1v) is 9.16. The number of esters is 1. The predicted octanol–water partition coefficient (Wildman–Crippen LogP) is 2.94. The third kappa shape index (κ3) is 7.42. The highest BCUT2D eigenvalue weighted by atomic mass is 32.2. The maximum atomic E-state index is 11.3. The molecule has 7 heteroatoms. The summed E-state index contributed by atoms with van der Waals surface area (Å²) >= 11 is 0. The zero-order valence-electron chi connectivity index (χ0n) is 13.6. The molecule has 1 saturated carbocycles. The van der Waals surface area contributed by atoms with Crippen molar-refractivity contribution in [2.24, 2.45) is 11.7 Å². The van der Waals surface area contributed by atoms with Gasteiger partial charge in [-0.25, -0.2) is 0 Å². The maximum Gasteiger partial charge on any atom is 0.310 e. The van der Waals surface area contributed by atoms with Crippen molar-refractivity contribution in [2.75, 3.05) is 6.61 Å². The molecular formula is C17H29NO5S. The number of carbonyl (C=O) groups is 1. The van der Waals surface area contributed by atoms with Gasteiger partial charge in [-0.1, -0.05) is 38.0 Å². The van der Waals surface area contributed by atoms with Crippen LogP contribution in [0.15, 0.2) is 29.2 Å². The lowest BCUT2D eigenvalue weighted by atomic mass is 9.85. The molecule has 24 heavy (non-hydrogen) atoms. The van der Waals surface area contributed by atoms with E-state index in [-0.39, 0.29) is 30.3 Å². The third-order valence-corrected chi connectivity index (χ3v) is 4.60. The second-order valence-corrected chi connectivity index (χ2v) is 7.02. The molecule has 1 aliphatic carbocycles. The molecule has 0 radical (unpaired) electrons. The summed E-state index contributed by atoms with van der Waals surface area (Å²) < 4.78 is 34.5. The maximum absolute atomic E-state index is 11.3. The van der Waals surface area contributed by atoms with Gasteiger partial charge >= 0.3 is 5.97 Å². The van der Waals surface area contributed by atoms with Crippen molar-refractivity contribution in [1.82, 2.24) is 0 Å². The van der Waals surface area contributed by atoms with Gasteiger partial charge in [0.15, 0.2) is 0 Å². The Morgan fingerprint density at radius 3 is 2.25 bits per heavy atom.